The number of carbonyl (C=O) groups excluding carboxylic acids is 1. The Morgan fingerprint density at radius 2 is 1.95 bits per heavy atom. The van der Waals surface area contributed by atoms with E-state index in [1.54, 1.807) is 0 Å². The van der Waals surface area contributed by atoms with Crippen molar-refractivity contribution in [3.63, 3.8) is 0 Å². The fraction of sp³-hybridized carbons (Fsp3) is 0.133. The number of primary amides is 1. The Morgan fingerprint density at radius 3 is 2.58 bits per heavy atom. The van der Waals surface area contributed by atoms with E-state index in [2.05, 4.69) is 21.2 Å². The molecular weight excluding hydrogens is 304 g/mol. The summed E-state index contributed by atoms with van der Waals surface area (Å²) in [6, 6.07) is 14.8. The molecule has 2 rings (SSSR count). The average molecular weight is 319 g/mol. The third-order valence-corrected chi connectivity index (χ3v) is 3.55. The second-order valence-electron chi connectivity index (χ2n) is 4.37. The molecule has 0 fully saturated rings. The minimum atomic E-state index is -0.558. The Bertz CT molecular complexity index is 598. The number of hydrogen-bond acceptors (Lipinski definition) is 2. The third-order valence-electron chi connectivity index (χ3n) is 2.83. The van der Waals surface area contributed by atoms with E-state index in [1.807, 2.05) is 55.5 Å². The quantitative estimate of drug-likeness (QED) is 0.907. The van der Waals surface area contributed by atoms with E-state index in [0.29, 0.717) is 0 Å². The lowest BCUT2D eigenvalue weighted by molar-refractivity contribution is -0.118. The van der Waals surface area contributed by atoms with Crippen LogP contribution in [0.3, 0.4) is 0 Å². The van der Waals surface area contributed by atoms with E-state index in [0.717, 1.165) is 21.3 Å². The topological polar surface area (TPSA) is 55.1 Å². The van der Waals surface area contributed by atoms with Crippen LogP contribution in [0.4, 0.5) is 5.69 Å². The van der Waals surface area contributed by atoms with Crippen LogP contribution in [0.15, 0.2) is 53.0 Å². The van der Waals surface area contributed by atoms with Gasteiger partial charge in [-0.2, -0.15) is 0 Å². The molecule has 0 aromatic heterocycles. The van der Waals surface area contributed by atoms with E-state index in [-0.39, 0.29) is 0 Å². The summed E-state index contributed by atoms with van der Waals surface area (Å²) in [4.78, 5) is 11.7. The third kappa shape index (κ3) is 3.35. The molecule has 2 aromatic rings. The van der Waals surface area contributed by atoms with Crippen molar-refractivity contribution in [2.75, 3.05) is 5.32 Å². The van der Waals surface area contributed by atoms with Crippen molar-refractivity contribution >= 4 is 27.5 Å². The molecule has 98 valence electrons. The van der Waals surface area contributed by atoms with Gasteiger partial charge in [0.05, 0.1) is 0 Å². The summed E-state index contributed by atoms with van der Waals surface area (Å²) in [7, 11) is 0. The second kappa shape index (κ2) is 5.89. The summed E-state index contributed by atoms with van der Waals surface area (Å²) in [5.74, 6) is -0.409. The molecule has 19 heavy (non-hydrogen) atoms. The van der Waals surface area contributed by atoms with Gasteiger partial charge < -0.3 is 11.1 Å². The van der Waals surface area contributed by atoms with Crippen molar-refractivity contribution in [2.24, 2.45) is 5.73 Å². The minimum Gasteiger partial charge on any atom is -0.370 e. The number of aryl methyl sites for hydroxylation is 1. The molecule has 0 bridgehead atoms. The molecule has 0 spiro atoms. The van der Waals surface area contributed by atoms with E-state index in [1.165, 1.54) is 0 Å². The number of nitrogens with two attached hydrogens (primary N) is 1. The van der Waals surface area contributed by atoms with Crippen LogP contribution in [0, 0.1) is 6.92 Å². The zero-order valence-electron chi connectivity index (χ0n) is 10.6. The molecule has 0 saturated carbocycles. The van der Waals surface area contributed by atoms with Crippen molar-refractivity contribution in [1.82, 2.24) is 0 Å². The predicted octanol–water partition coefficient (Wildman–Crippen LogP) is 3.40. The van der Waals surface area contributed by atoms with E-state index in [4.69, 9.17) is 5.73 Å². The molecule has 0 aliphatic heterocycles. The van der Waals surface area contributed by atoms with Gasteiger partial charge in [-0.25, -0.2) is 0 Å². The molecular formula is C15H15BrN2O. The molecule has 0 radical (unpaired) electrons. The normalized spacial score (nSPS) is 11.9. The van der Waals surface area contributed by atoms with Gasteiger partial charge in [0, 0.05) is 10.2 Å². The van der Waals surface area contributed by atoms with Gasteiger partial charge in [-0.15, -0.1) is 0 Å². The zero-order valence-corrected chi connectivity index (χ0v) is 12.1. The zero-order chi connectivity index (χ0) is 13.8. The lowest BCUT2D eigenvalue weighted by Crippen LogP contribution is -2.28. The number of benzene rings is 2. The fourth-order valence-corrected chi connectivity index (χ4v) is 2.43. The largest absolute Gasteiger partial charge is 0.370 e. The Kier molecular flexibility index (Phi) is 4.22. The van der Waals surface area contributed by atoms with Crippen LogP contribution in [0.1, 0.15) is 17.2 Å². The highest BCUT2D eigenvalue weighted by Gasteiger charge is 2.19. The maximum absolute atomic E-state index is 11.7. The standard InChI is InChI=1S/C15H15BrN2O/c1-10-5-4-6-11(9-10)18-14(15(17)19)12-7-2-3-8-13(12)16/h2-9,14,18H,1H3,(H2,17,19). The lowest BCUT2D eigenvalue weighted by atomic mass is 10.1. The molecule has 3 nitrogen and oxygen atoms in total. The molecule has 0 aliphatic rings. The van der Waals surface area contributed by atoms with Crippen LogP contribution < -0.4 is 11.1 Å². The molecule has 3 N–H and O–H groups in total. The van der Waals surface area contributed by atoms with Gasteiger partial charge in [0.15, 0.2) is 0 Å². The number of rotatable bonds is 4. The molecule has 0 saturated heterocycles. The van der Waals surface area contributed by atoms with Crippen molar-refractivity contribution < 1.29 is 4.79 Å². The van der Waals surface area contributed by atoms with Gasteiger partial charge >= 0.3 is 0 Å². The first-order chi connectivity index (χ1) is 9.08. The Balaban J connectivity index is 2.32. The Labute approximate surface area is 121 Å². The number of anilines is 1. The minimum absolute atomic E-state index is 0.409. The number of halogens is 1. The summed E-state index contributed by atoms with van der Waals surface area (Å²) in [6.45, 7) is 2.00. The van der Waals surface area contributed by atoms with Crippen LogP contribution in [-0.2, 0) is 4.79 Å². The first kappa shape index (κ1) is 13.6. The first-order valence-corrected chi connectivity index (χ1v) is 6.74. The first-order valence-electron chi connectivity index (χ1n) is 5.95. The molecule has 4 heteroatoms. The number of amides is 1. The molecule has 0 heterocycles. The second-order valence-corrected chi connectivity index (χ2v) is 5.23. The van der Waals surface area contributed by atoms with Crippen molar-refractivity contribution in [2.45, 2.75) is 13.0 Å². The molecule has 0 aliphatic carbocycles. The smallest absolute Gasteiger partial charge is 0.244 e. The maximum atomic E-state index is 11.7. The molecule has 2 aromatic carbocycles. The monoisotopic (exact) mass is 318 g/mol. The number of hydrogen-bond donors (Lipinski definition) is 2. The lowest BCUT2D eigenvalue weighted by Gasteiger charge is -2.18. The summed E-state index contributed by atoms with van der Waals surface area (Å²) in [6.07, 6.45) is 0. The van der Waals surface area contributed by atoms with E-state index >= 15 is 0 Å². The number of carbonyl (C=O) groups is 1. The van der Waals surface area contributed by atoms with E-state index < -0.39 is 11.9 Å². The average Bonchev–Trinajstić information content (AvgIpc) is 2.37. The maximum Gasteiger partial charge on any atom is 0.244 e. The summed E-state index contributed by atoms with van der Waals surface area (Å²) in [5, 5.41) is 3.17. The van der Waals surface area contributed by atoms with Gasteiger partial charge in [0.2, 0.25) is 5.91 Å². The van der Waals surface area contributed by atoms with Crippen molar-refractivity contribution in [1.29, 1.82) is 0 Å². The van der Waals surface area contributed by atoms with Gasteiger partial charge in [0.25, 0.3) is 0 Å². The number of nitrogens with one attached hydrogen (secondary N) is 1. The Morgan fingerprint density at radius 1 is 1.21 bits per heavy atom. The van der Waals surface area contributed by atoms with Gasteiger partial charge in [-0.1, -0.05) is 46.3 Å². The van der Waals surface area contributed by atoms with Crippen LogP contribution in [0.2, 0.25) is 0 Å². The van der Waals surface area contributed by atoms with Gasteiger partial charge in [-0.05, 0) is 36.2 Å². The van der Waals surface area contributed by atoms with Crippen molar-refractivity contribution in [3.05, 3.63) is 64.1 Å². The van der Waals surface area contributed by atoms with Crippen LogP contribution >= 0.6 is 15.9 Å². The molecule has 1 amide bonds. The van der Waals surface area contributed by atoms with E-state index in [9.17, 15) is 4.79 Å². The summed E-state index contributed by atoms with van der Waals surface area (Å²) in [5.41, 5.74) is 8.33. The van der Waals surface area contributed by atoms with Gasteiger partial charge in [0.1, 0.15) is 6.04 Å². The SMILES string of the molecule is Cc1cccc(NC(C(N)=O)c2ccccc2Br)c1. The summed E-state index contributed by atoms with van der Waals surface area (Å²) < 4.78 is 0.860. The highest BCUT2D eigenvalue weighted by molar-refractivity contribution is 9.10. The predicted molar refractivity (Wildman–Crippen MR) is 80.9 cm³/mol. The van der Waals surface area contributed by atoms with Crippen LogP contribution in [-0.4, -0.2) is 5.91 Å². The highest BCUT2D eigenvalue weighted by atomic mass is 79.9. The van der Waals surface area contributed by atoms with Gasteiger partial charge in [-0.3, -0.25) is 4.79 Å². The summed E-state index contributed by atoms with van der Waals surface area (Å²) >= 11 is 3.45. The molecule has 1 unspecified atom stereocenters. The van der Waals surface area contributed by atoms with Crippen LogP contribution in [0.25, 0.3) is 0 Å². The Hall–Kier alpha value is -1.81. The highest BCUT2D eigenvalue weighted by Crippen LogP contribution is 2.26. The molecule has 1 atom stereocenters. The van der Waals surface area contributed by atoms with Crippen LogP contribution in [0.5, 0.6) is 0 Å². The van der Waals surface area contributed by atoms with Crippen molar-refractivity contribution in [3.8, 4) is 0 Å². The fourth-order valence-electron chi connectivity index (χ4n) is 1.91.